The molecule has 0 spiro atoms. The summed E-state index contributed by atoms with van der Waals surface area (Å²) in [5.41, 5.74) is 1.21. The first-order chi connectivity index (χ1) is 9.44. The molecule has 2 aromatic heterocycles. The quantitative estimate of drug-likeness (QED) is 0.919. The van der Waals surface area contributed by atoms with Crippen LogP contribution < -0.4 is 10.2 Å². The van der Waals surface area contributed by atoms with Crippen molar-refractivity contribution in [2.45, 2.75) is 39.4 Å². The second-order valence-corrected chi connectivity index (χ2v) is 6.96. The third-order valence-corrected chi connectivity index (χ3v) is 3.69. The minimum atomic E-state index is 0.106. The Kier molecular flexibility index (Phi) is 4.73. The van der Waals surface area contributed by atoms with E-state index in [1.54, 1.807) is 11.3 Å². The smallest absolute Gasteiger partial charge is 0.225 e. The van der Waals surface area contributed by atoms with E-state index in [9.17, 15) is 0 Å². The van der Waals surface area contributed by atoms with Crippen LogP contribution in [0.5, 0.6) is 0 Å². The lowest BCUT2D eigenvalue weighted by molar-refractivity contribution is 0.423. The summed E-state index contributed by atoms with van der Waals surface area (Å²) >= 11 is 1.75. The van der Waals surface area contributed by atoms with Crippen LogP contribution in [0.4, 0.5) is 5.95 Å². The Labute approximate surface area is 124 Å². The van der Waals surface area contributed by atoms with E-state index >= 15 is 0 Å². The van der Waals surface area contributed by atoms with Gasteiger partial charge in [-0.05, 0) is 32.2 Å². The van der Waals surface area contributed by atoms with Gasteiger partial charge in [0.2, 0.25) is 5.95 Å². The van der Waals surface area contributed by atoms with Gasteiger partial charge in [-0.25, -0.2) is 9.97 Å². The lowest BCUT2D eigenvalue weighted by Gasteiger charge is -2.20. The predicted octanol–water partition coefficient (Wildman–Crippen LogP) is 3.06. The molecule has 2 heterocycles. The maximum Gasteiger partial charge on any atom is 0.225 e. The van der Waals surface area contributed by atoms with Crippen LogP contribution in [0.25, 0.3) is 0 Å². The summed E-state index contributed by atoms with van der Waals surface area (Å²) < 4.78 is 0. The van der Waals surface area contributed by atoms with Gasteiger partial charge in [0.1, 0.15) is 0 Å². The molecule has 0 aromatic carbocycles. The molecule has 0 aliphatic heterocycles. The molecule has 4 nitrogen and oxygen atoms in total. The van der Waals surface area contributed by atoms with Crippen LogP contribution in [-0.4, -0.2) is 22.6 Å². The van der Waals surface area contributed by atoms with Crippen LogP contribution in [0.15, 0.2) is 29.9 Å². The molecule has 0 radical (unpaired) electrons. The Hall–Kier alpha value is -1.46. The zero-order valence-electron chi connectivity index (χ0n) is 12.6. The van der Waals surface area contributed by atoms with E-state index in [1.807, 2.05) is 19.4 Å². The van der Waals surface area contributed by atoms with Gasteiger partial charge in [-0.15, -0.1) is 11.3 Å². The van der Waals surface area contributed by atoms with Crippen molar-refractivity contribution in [2.24, 2.45) is 0 Å². The molecule has 0 aliphatic rings. The van der Waals surface area contributed by atoms with Crippen LogP contribution in [0.2, 0.25) is 0 Å². The fraction of sp³-hybridized carbons (Fsp3) is 0.467. The Balaban J connectivity index is 1.93. The van der Waals surface area contributed by atoms with E-state index < -0.39 is 0 Å². The fourth-order valence-corrected chi connectivity index (χ4v) is 2.47. The van der Waals surface area contributed by atoms with Crippen LogP contribution in [0, 0.1) is 0 Å². The highest BCUT2D eigenvalue weighted by Crippen LogP contribution is 2.14. The second kappa shape index (κ2) is 6.33. The molecule has 2 rings (SSSR count). The topological polar surface area (TPSA) is 41.1 Å². The normalized spacial score (nSPS) is 11.6. The first-order valence-corrected chi connectivity index (χ1v) is 7.61. The molecule has 20 heavy (non-hydrogen) atoms. The van der Waals surface area contributed by atoms with Gasteiger partial charge < -0.3 is 10.2 Å². The van der Waals surface area contributed by atoms with Gasteiger partial charge in [0.15, 0.2) is 0 Å². The number of rotatable bonds is 5. The van der Waals surface area contributed by atoms with Gasteiger partial charge in [-0.1, -0.05) is 6.07 Å². The maximum absolute atomic E-state index is 4.44. The highest BCUT2D eigenvalue weighted by molar-refractivity contribution is 7.09. The number of nitrogens with one attached hydrogen (secondary N) is 1. The molecule has 0 bridgehead atoms. The minimum absolute atomic E-state index is 0.106. The molecule has 0 saturated carbocycles. The molecule has 0 aliphatic carbocycles. The second-order valence-electron chi connectivity index (χ2n) is 5.93. The number of hydrogen-bond acceptors (Lipinski definition) is 5. The van der Waals surface area contributed by atoms with E-state index in [0.717, 1.165) is 24.6 Å². The van der Waals surface area contributed by atoms with Gasteiger partial charge in [-0.2, -0.15) is 0 Å². The van der Waals surface area contributed by atoms with Crippen molar-refractivity contribution >= 4 is 17.3 Å². The van der Waals surface area contributed by atoms with Crippen molar-refractivity contribution in [3.63, 3.8) is 0 Å². The van der Waals surface area contributed by atoms with Gasteiger partial charge in [-0.3, -0.25) is 0 Å². The van der Waals surface area contributed by atoms with Crippen LogP contribution >= 0.6 is 11.3 Å². The maximum atomic E-state index is 4.44. The number of thiophene rings is 1. The van der Waals surface area contributed by atoms with Crippen molar-refractivity contribution in [3.05, 3.63) is 40.3 Å². The highest BCUT2D eigenvalue weighted by atomic mass is 32.1. The van der Waals surface area contributed by atoms with Crippen LogP contribution in [0.1, 0.15) is 31.2 Å². The van der Waals surface area contributed by atoms with Gasteiger partial charge in [0.05, 0.1) is 6.54 Å². The van der Waals surface area contributed by atoms with E-state index in [2.05, 4.69) is 58.5 Å². The molecule has 2 aromatic rings. The van der Waals surface area contributed by atoms with Crippen molar-refractivity contribution in [1.29, 1.82) is 0 Å². The molecule has 0 amide bonds. The lowest BCUT2D eigenvalue weighted by Crippen LogP contribution is -2.35. The number of aromatic nitrogens is 2. The van der Waals surface area contributed by atoms with Gasteiger partial charge >= 0.3 is 0 Å². The van der Waals surface area contributed by atoms with E-state index in [0.29, 0.717) is 0 Å². The summed E-state index contributed by atoms with van der Waals surface area (Å²) in [5.74, 6) is 0.762. The van der Waals surface area contributed by atoms with Crippen molar-refractivity contribution in [2.75, 3.05) is 11.9 Å². The third kappa shape index (κ3) is 4.58. The van der Waals surface area contributed by atoms with Gasteiger partial charge in [0, 0.05) is 42.0 Å². The van der Waals surface area contributed by atoms with Crippen molar-refractivity contribution in [1.82, 2.24) is 15.3 Å². The first kappa shape index (κ1) is 14.9. The summed E-state index contributed by atoms with van der Waals surface area (Å²) in [6, 6.07) is 4.19. The summed E-state index contributed by atoms with van der Waals surface area (Å²) in [5, 5.41) is 5.52. The van der Waals surface area contributed by atoms with E-state index in [-0.39, 0.29) is 5.54 Å². The lowest BCUT2D eigenvalue weighted by atomic mass is 10.1. The van der Waals surface area contributed by atoms with Crippen LogP contribution in [0.3, 0.4) is 0 Å². The molecule has 108 valence electrons. The summed E-state index contributed by atoms with van der Waals surface area (Å²) in [6.07, 6.45) is 3.79. The SMILES string of the molecule is CN(Cc1cccs1)c1ncc(CNC(C)(C)C)cn1. The van der Waals surface area contributed by atoms with Crippen molar-refractivity contribution in [3.8, 4) is 0 Å². The molecular weight excluding hydrogens is 268 g/mol. The number of nitrogens with zero attached hydrogens (tertiary/aromatic N) is 3. The first-order valence-electron chi connectivity index (χ1n) is 6.73. The zero-order chi connectivity index (χ0) is 14.6. The highest BCUT2D eigenvalue weighted by Gasteiger charge is 2.10. The van der Waals surface area contributed by atoms with Gasteiger partial charge in [0.25, 0.3) is 0 Å². The standard InChI is InChI=1S/C15H22N4S/c1-15(2,3)18-10-12-8-16-14(17-9-12)19(4)11-13-6-5-7-20-13/h5-9,18H,10-11H2,1-4H3. The Morgan fingerprint density at radius 2 is 1.95 bits per heavy atom. The van der Waals surface area contributed by atoms with E-state index in [4.69, 9.17) is 0 Å². The molecular formula is C15H22N4S. The zero-order valence-corrected chi connectivity index (χ0v) is 13.4. The largest absolute Gasteiger partial charge is 0.339 e. The Morgan fingerprint density at radius 3 is 2.50 bits per heavy atom. The average Bonchev–Trinajstić information content (AvgIpc) is 2.89. The molecule has 0 atom stereocenters. The summed E-state index contributed by atoms with van der Waals surface area (Å²) in [7, 11) is 2.02. The molecule has 0 fully saturated rings. The predicted molar refractivity (Wildman–Crippen MR) is 85.1 cm³/mol. The third-order valence-electron chi connectivity index (χ3n) is 2.83. The average molecular weight is 290 g/mol. The molecule has 1 N–H and O–H groups in total. The minimum Gasteiger partial charge on any atom is -0.339 e. The number of hydrogen-bond donors (Lipinski definition) is 1. The summed E-state index contributed by atoms with van der Waals surface area (Å²) in [4.78, 5) is 12.3. The Bertz CT molecular complexity index is 514. The number of anilines is 1. The molecule has 5 heteroatoms. The Morgan fingerprint density at radius 1 is 1.25 bits per heavy atom. The fourth-order valence-electron chi connectivity index (χ4n) is 1.71. The molecule has 0 saturated heterocycles. The van der Waals surface area contributed by atoms with E-state index in [1.165, 1.54) is 4.88 Å². The monoisotopic (exact) mass is 290 g/mol. The van der Waals surface area contributed by atoms with Crippen LogP contribution in [-0.2, 0) is 13.1 Å². The van der Waals surface area contributed by atoms with Crippen molar-refractivity contribution < 1.29 is 0 Å². The summed E-state index contributed by atoms with van der Waals surface area (Å²) in [6.45, 7) is 8.08. The molecule has 0 unspecified atom stereocenters.